The summed E-state index contributed by atoms with van der Waals surface area (Å²) in [7, 11) is -3.58. The van der Waals surface area contributed by atoms with Crippen LogP contribution in [0.1, 0.15) is 0 Å². The van der Waals surface area contributed by atoms with Crippen molar-refractivity contribution in [1.82, 2.24) is 15.2 Å². The molecule has 0 radical (unpaired) electrons. The first-order chi connectivity index (χ1) is 13.4. The van der Waals surface area contributed by atoms with Crippen LogP contribution in [0.25, 0.3) is 34.0 Å². The molecule has 8 heteroatoms. The molecule has 0 amide bonds. The fraction of sp³-hybridized carbons (Fsp3) is 0.0500. The number of hydrogen-bond acceptors (Lipinski definition) is 7. The van der Waals surface area contributed by atoms with Gasteiger partial charge in [0.1, 0.15) is 5.82 Å². The van der Waals surface area contributed by atoms with E-state index in [4.69, 9.17) is 10.2 Å². The maximum Gasteiger partial charge on any atom is 0.252 e. The third-order valence-corrected chi connectivity index (χ3v) is 5.30. The predicted molar refractivity (Wildman–Crippen MR) is 106 cm³/mol. The van der Waals surface area contributed by atoms with Gasteiger partial charge < -0.3 is 10.2 Å². The highest BCUT2D eigenvalue weighted by molar-refractivity contribution is 7.90. The average Bonchev–Trinajstić information content (AvgIpc) is 3.18. The summed E-state index contributed by atoms with van der Waals surface area (Å²) in [6, 6.07) is 18.3. The zero-order chi connectivity index (χ0) is 19.7. The summed E-state index contributed by atoms with van der Waals surface area (Å²) < 4.78 is 30.6. The standard InChI is InChI=1S/C20H16N4O3S/c1-28(25,26)15-12-22-18(21)17(16(15)13-8-4-2-5-9-13)20-24-23-19(27-20)14-10-6-3-7-11-14/h2-12H,1H3,(H2,21,22). The molecule has 140 valence electrons. The molecule has 4 aromatic rings. The number of benzene rings is 2. The molecule has 7 nitrogen and oxygen atoms in total. The molecular weight excluding hydrogens is 376 g/mol. The van der Waals surface area contributed by atoms with Crippen LogP contribution >= 0.6 is 0 Å². The van der Waals surface area contributed by atoms with Gasteiger partial charge in [-0.1, -0.05) is 48.5 Å². The smallest absolute Gasteiger partial charge is 0.252 e. The quantitative estimate of drug-likeness (QED) is 0.566. The minimum atomic E-state index is -3.58. The molecule has 0 aliphatic rings. The van der Waals surface area contributed by atoms with E-state index in [1.54, 1.807) is 12.1 Å². The SMILES string of the molecule is CS(=O)(=O)c1cnc(N)c(-c2nnc(-c3ccccc3)o2)c1-c1ccccc1. The fourth-order valence-corrected chi connectivity index (χ4v) is 3.75. The summed E-state index contributed by atoms with van der Waals surface area (Å²) in [4.78, 5) is 4.10. The lowest BCUT2D eigenvalue weighted by Crippen LogP contribution is -2.06. The Kier molecular flexibility index (Phi) is 4.40. The minimum absolute atomic E-state index is 0.0439. The van der Waals surface area contributed by atoms with E-state index in [0.29, 0.717) is 22.6 Å². The summed E-state index contributed by atoms with van der Waals surface area (Å²) in [6.07, 6.45) is 2.38. The van der Waals surface area contributed by atoms with Gasteiger partial charge in [-0.05, 0) is 17.7 Å². The number of aromatic nitrogens is 3. The minimum Gasteiger partial charge on any atom is -0.416 e. The monoisotopic (exact) mass is 392 g/mol. The maximum absolute atomic E-state index is 12.4. The number of sulfone groups is 1. The Bertz CT molecular complexity index is 1240. The molecular formula is C20H16N4O3S. The molecule has 0 bridgehead atoms. The highest BCUT2D eigenvalue weighted by atomic mass is 32.2. The van der Waals surface area contributed by atoms with E-state index in [1.165, 1.54) is 6.20 Å². The normalized spacial score (nSPS) is 11.5. The van der Waals surface area contributed by atoms with E-state index in [1.807, 2.05) is 48.5 Å². The van der Waals surface area contributed by atoms with Gasteiger partial charge in [-0.15, -0.1) is 10.2 Å². The molecule has 28 heavy (non-hydrogen) atoms. The van der Waals surface area contributed by atoms with Crippen molar-refractivity contribution in [3.05, 3.63) is 66.9 Å². The summed E-state index contributed by atoms with van der Waals surface area (Å²) in [6.45, 7) is 0. The summed E-state index contributed by atoms with van der Waals surface area (Å²) in [5.74, 6) is 0.515. The van der Waals surface area contributed by atoms with E-state index in [2.05, 4.69) is 15.2 Å². The highest BCUT2D eigenvalue weighted by Crippen LogP contribution is 2.39. The van der Waals surface area contributed by atoms with Gasteiger partial charge in [0.15, 0.2) is 9.84 Å². The van der Waals surface area contributed by atoms with Crippen LogP contribution in [0, 0.1) is 0 Å². The van der Waals surface area contributed by atoms with Crippen LogP contribution in [0.3, 0.4) is 0 Å². The molecule has 2 N–H and O–H groups in total. The summed E-state index contributed by atoms with van der Waals surface area (Å²) in [5, 5.41) is 8.18. The fourth-order valence-electron chi connectivity index (χ4n) is 2.92. The Balaban J connectivity index is 1.99. The summed E-state index contributed by atoms with van der Waals surface area (Å²) in [5.41, 5.74) is 8.20. The lowest BCUT2D eigenvalue weighted by Gasteiger charge is -2.13. The average molecular weight is 392 g/mol. The van der Waals surface area contributed by atoms with Crippen LogP contribution in [-0.2, 0) is 9.84 Å². The van der Waals surface area contributed by atoms with Crippen molar-refractivity contribution in [2.75, 3.05) is 12.0 Å². The van der Waals surface area contributed by atoms with Crippen molar-refractivity contribution < 1.29 is 12.8 Å². The van der Waals surface area contributed by atoms with Crippen LogP contribution in [0.15, 0.2) is 76.2 Å². The molecule has 0 spiro atoms. The van der Waals surface area contributed by atoms with Gasteiger partial charge in [0.2, 0.25) is 5.89 Å². The van der Waals surface area contributed by atoms with E-state index in [0.717, 1.165) is 11.8 Å². The second-order valence-electron chi connectivity index (χ2n) is 6.17. The predicted octanol–water partition coefficient (Wildman–Crippen LogP) is 3.45. The van der Waals surface area contributed by atoms with E-state index in [-0.39, 0.29) is 16.6 Å². The topological polar surface area (TPSA) is 112 Å². The Hall–Kier alpha value is -3.52. The molecule has 0 saturated heterocycles. The van der Waals surface area contributed by atoms with Crippen LogP contribution in [0.2, 0.25) is 0 Å². The van der Waals surface area contributed by atoms with Gasteiger partial charge in [-0.2, -0.15) is 0 Å². The molecule has 4 rings (SSSR count). The lowest BCUT2D eigenvalue weighted by atomic mass is 10.0. The molecule has 0 atom stereocenters. The van der Waals surface area contributed by atoms with Gasteiger partial charge in [-0.25, -0.2) is 13.4 Å². The zero-order valence-corrected chi connectivity index (χ0v) is 15.7. The lowest BCUT2D eigenvalue weighted by molar-refractivity contribution is 0.584. The second kappa shape index (κ2) is 6.90. The third kappa shape index (κ3) is 3.25. The van der Waals surface area contributed by atoms with Crippen LogP contribution < -0.4 is 5.73 Å². The summed E-state index contributed by atoms with van der Waals surface area (Å²) >= 11 is 0. The van der Waals surface area contributed by atoms with Crippen molar-refractivity contribution in [1.29, 1.82) is 0 Å². The van der Waals surface area contributed by atoms with Crippen molar-refractivity contribution >= 4 is 15.7 Å². The van der Waals surface area contributed by atoms with E-state index < -0.39 is 9.84 Å². The first-order valence-electron chi connectivity index (χ1n) is 8.38. The molecule has 2 aromatic carbocycles. The van der Waals surface area contributed by atoms with Crippen molar-refractivity contribution in [3.63, 3.8) is 0 Å². The van der Waals surface area contributed by atoms with Crippen molar-refractivity contribution in [2.45, 2.75) is 4.90 Å². The number of nitrogen functional groups attached to an aromatic ring is 1. The van der Waals surface area contributed by atoms with Crippen LogP contribution in [-0.4, -0.2) is 29.9 Å². The molecule has 2 heterocycles. The maximum atomic E-state index is 12.4. The second-order valence-corrected chi connectivity index (χ2v) is 8.16. The van der Waals surface area contributed by atoms with Crippen molar-refractivity contribution in [3.8, 4) is 34.0 Å². The first-order valence-corrected chi connectivity index (χ1v) is 10.3. The Morgan fingerprint density at radius 1 is 0.821 bits per heavy atom. The first kappa shape index (κ1) is 17.9. The number of nitrogens with zero attached hydrogens (tertiary/aromatic N) is 3. The Labute approximate surface area is 161 Å². The van der Waals surface area contributed by atoms with E-state index in [9.17, 15) is 8.42 Å². The third-order valence-electron chi connectivity index (χ3n) is 4.19. The van der Waals surface area contributed by atoms with Gasteiger partial charge >= 0.3 is 0 Å². The van der Waals surface area contributed by atoms with Gasteiger partial charge in [-0.3, -0.25) is 0 Å². The molecule has 0 aliphatic carbocycles. The van der Waals surface area contributed by atoms with Gasteiger partial charge in [0.25, 0.3) is 5.89 Å². The van der Waals surface area contributed by atoms with Crippen LogP contribution in [0.5, 0.6) is 0 Å². The largest absolute Gasteiger partial charge is 0.416 e. The van der Waals surface area contributed by atoms with Crippen molar-refractivity contribution in [2.24, 2.45) is 0 Å². The molecule has 0 unspecified atom stereocenters. The number of rotatable bonds is 4. The van der Waals surface area contributed by atoms with E-state index >= 15 is 0 Å². The molecule has 0 saturated carbocycles. The zero-order valence-electron chi connectivity index (χ0n) is 14.9. The van der Waals surface area contributed by atoms with Gasteiger partial charge in [0, 0.05) is 23.6 Å². The number of nitrogens with two attached hydrogens (primary N) is 1. The Morgan fingerprint density at radius 3 is 2.00 bits per heavy atom. The molecule has 0 aliphatic heterocycles. The molecule has 0 fully saturated rings. The molecule has 2 aromatic heterocycles. The number of hydrogen-bond donors (Lipinski definition) is 1. The van der Waals surface area contributed by atoms with Gasteiger partial charge in [0.05, 0.1) is 10.5 Å². The number of anilines is 1. The van der Waals surface area contributed by atoms with Crippen LogP contribution in [0.4, 0.5) is 5.82 Å². The highest BCUT2D eigenvalue weighted by Gasteiger charge is 2.25. The number of pyridine rings is 1. The Morgan fingerprint density at radius 2 is 1.39 bits per heavy atom.